The Morgan fingerprint density at radius 2 is 1.68 bits per heavy atom. The third-order valence-electron chi connectivity index (χ3n) is 5.05. The molecule has 0 fully saturated rings. The van der Waals surface area contributed by atoms with Crippen LogP contribution < -0.4 is 5.32 Å². The summed E-state index contributed by atoms with van der Waals surface area (Å²) in [6.07, 6.45) is 5.78. The number of methoxy groups -OCH3 is 1. The Morgan fingerprint density at radius 3 is 2.39 bits per heavy atom. The minimum Gasteiger partial charge on any atom is -0.469 e. The molecule has 156 valence electrons. The number of rotatable bonds is 8. The van der Waals surface area contributed by atoms with Gasteiger partial charge in [-0.05, 0) is 35.4 Å². The first-order chi connectivity index (χ1) is 15.3. The van der Waals surface area contributed by atoms with Crippen LogP contribution in [0.15, 0.2) is 85.3 Å². The van der Waals surface area contributed by atoms with Crippen LogP contribution in [0.1, 0.15) is 12.0 Å². The van der Waals surface area contributed by atoms with Crippen LogP contribution in [0.25, 0.3) is 28.1 Å². The number of aromatic nitrogens is 3. The Bertz CT molecular complexity index is 1120. The molecule has 0 aliphatic heterocycles. The van der Waals surface area contributed by atoms with Crippen molar-refractivity contribution >= 4 is 5.97 Å². The van der Waals surface area contributed by atoms with E-state index in [1.807, 2.05) is 47.4 Å². The second-order valence-electron chi connectivity index (χ2n) is 7.09. The lowest BCUT2D eigenvalue weighted by Gasteiger charge is -2.11. The predicted octanol–water partition coefficient (Wildman–Crippen LogP) is 4.25. The summed E-state index contributed by atoms with van der Waals surface area (Å²) in [5.74, 6) is -0.228. The quantitative estimate of drug-likeness (QED) is 0.346. The predicted molar refractivity (Wildman–Crippen MR) is 121 cm³/mol. The van der Waals surface area contributed by atoms with Crippen molar-refractivity contribution < 1.29 is 9.53 Å². The minimum absolute atomic E-state index is 0.228. The second-order valence-corrected chi connectivity index (χ2v) is 7.09. The Balaban J connectivity index is 1.61. The van der Waals surface area contributed by atoms with Gasteiger partial charge < -0.3 is 10.1 Å². The summed E-state index contributed by atoms with van der Waals surface area (Å²) < 4.78 is 6.63. The summed E-state index contributed by atoms with van der Waals surface area (Å²) in [7, 11) is 1.40. The van der Waals surface area contributed by atoms with Crippen molar-refractivity contribution in [3.8, 4) is 28.1 Å². The number of pyridine rings is 1. The highest BCUT2D eigenvalue weighted by Gasteiger charge is 2.15. The van der Waals surface area contributed by atoms with Crippen molar-refractivity contribution in [3.63, 3.8) is 0 Å². The zero-order valence-electron chi connectivity index (χ0n) is 17.4. The highest BCUT2D eigenvalue weighted by Crippen LogP contribution is 2.27. The Morgan fingerprint density at radius 1 is 0.935 bits per heavy atom. The average molecular weight is 412 g/mol. The van der Waals surface area contributed by atoms with E-state index in [1.54, 1.807) is 6.20 Å². The fraction of sp³-hybridized carbons (Fsp3) is 0.160. The molecule has 31 heavy (non-hydrogen) atoms. The Labute approximate surface area is 181 Å². The molecule has 0 saturated carbocycles. The number of esters is 1. The van der Waals surface area contributed by atoms with Gasteiger partial charge in [-0.2, -0.15) is 5.10 Å². The molecule has 0 saturated heterocycles. The zero-order chi connectivity index (χ0) is 21.5. The topological polar surface area (TPSA) is 69.0 Å². The SMILES string of the molecule is COC(=O)CCNCc1cnn(-c2ccc(-c3ccccc3)cc2)c1-c1cccnc1. The Hall–Kier alpha value is -3.77. The summed E-state index contributed by atoms with van der Waals surface area (Å²) in [4.78, 5) is 15.6. The van der Waals surface area contributed by atoms with Gasteiger partial charge in [-0.1, -0.05) is 42.5 Å². The van der Waals surface area contributed by atoms with E-state index in [4.69, 9.17) is 4.74 Å². The summed E-state index contributed by atoms with van der Waals surface area (Å²) in [5, 5.41) is 7.95. The van der Waals surface area contributed by atoms with Gasteiger partial charge in [0, 0.05) is 36.6 Å². The third kappa shape index (κ3) is 4.87. The minimum atomic E-state index is -0.228. The maximum absolute atomic E-state index is 11.3. The highest BCUT2D eigenvalue weighted by molar-refractivity contribution is 5.69. The number of ether oxygens (including phenoxy) is 1. The molecule has 2 aromatic carbocycles. The summed E-state index contributed by atoms with van der Waals surface area (Å²) >= 11 is 0. The van der Waals surface area contributed by atoms with Crippen molar-refractivity contribution in [3.05, 3.63) is 90.9 Å². The molecule has 0 amide bonds. The van der Waals surface area contributed by atoms with E-state index in [2.05, 4.69) is 51.8 Å². The van der Waals surface area contributed by atoms with Crippen LogP contribution in [-0.4, -0.2) is 34.4 Å². The van der Waals surface area contributed by atoms with Crippen LogP contribution in [-0.2, 0) is 16.1 Å². The summed E-state index contributed by atoms with van der Waals surface area (Å²) in [6, 6.07) is 22.6. The van der Waals surface area contributed by atoms with Gasteiger partial charge in [0.2, 0.25) is 0 Å². The lowest BCUT2D eigenvalue weighted by Crippen LogP contribution is -2.18. The van der Waals surface area contributed by atoms with E-state index in [-0.39, 0.29) is 5.97 Å². The summed E-state index contributed by atoms with van der Waals surface area (Å²) in [6.45, 7) is 1.12. The first kappa shape index (κ1) is 20.5. The van der Waals surface area contributed by atoms with Crippen molar-refractivity contribution in [2.45, 2.75) is 13.0 Å². The highest BCUT2D eigenvalue weighted by atomic mass is 16.5. The van der Waals surface area contributed by atoms with Gasteiger partial charge in [0.25, 0.3) is 0 Å². The molecular weight excluding hydrogens is 388 g/mol. The number of benzene rings is 2. The lowest BCUT2D eigenvalue weighted by molar-refractivity contribution is -0.140. The van der Waals surface area contributed by atoms with Crippen LogP contribution in [0, 0.1) is 0 Å². The van der Waals surface area contributed by atoms with E-state index in [9.17, 15) is 4.79 Å². The molecule has 0 atom stereocenters. The fourth-order valence-electron chi connectivity index (χ4n) is 3.46. The van der Waals surface area contributed by atoms with Gasteiger partial charge in [0.1, 0.15) is 0 Å². The smallest absolute Gasteiger partial charge is 0.306 e. The summed E-state index contributed by atoms with van der Waals surface area (Å²) in [5.41, 5.74) is 6.30. The van der Waals surface area contributed by atoms with Gasteiger partial charge in [0.05, 0.1) is 31.1 Å². The van der Waals surface area contributed by atoms with E-state index in [1.165, 1.54) is 12.7 Å². The molecule has 2 aromatic heterocycles. The molecule has 6 nitrogen and oxygen atoms in total. The molecule has 0 bridgehead atoms. The number of carbonyl (C=O) groups excluding carboxylic acids is 1. The molecule has 0 spiro atoms. The number of hydrogen-bond donors (Lipinski definition) is 1. The van der Waals surface area contributed by atoms with Gasteiger partial charge >= 0.3 is 5.97 Å². The number of hydrogen-bond acceptors (Lipinski definition) is 5. The van der Waals surface area contributed by atoms with E-state index >= 15 is 0 Å². The number of carbonyl (C=O) groups is 1. The van der Waals surface area contributed by atoms with Crippen LogP contribution in [0.3, 0.4) is 0 Å². The molecular formula is C25H24N4O2. The van der Waals surface area contributed by atoms with E-state index in [0.717, 1.165) is 28.1 Å². The molecule has 0 aliphatic rings. The third-order valence-corrected chi connectivity index (χ3v) is 5.05. The largest absolute Gasteiger partial charge is 0.469 e. The van der Waals surface area contributed by atoms with E-state index in [0.29, 0.717) is 19.5 Å². The molecule has 2 heterocycles. The van der Waals surface area contributed by atoms with E-state index < -0.39 is 0 Å². The van der Waals surface area contributed by atoms with Crippen molar-refractivity contribution in [1.29, 1.82) is 0 Å². The Kier molecular flexibility index (Phi) is 6.50. The van der Waals surface area contributed by atoms with Crippen molar-refractivity contribution in [2.75, 3.05) is 13.7 Å². The maximum atomic E-state index is 11.3. The van der Waals surface area contributed by atoms with Gasteiger partial charge in [-0.15, -0.1) is 0 Å². The van der Waals surface area contributed by atoms with Crippen LogP contribution in [0.5, 0.6) is 0 Å². The number of nitrogens with zero attached hydrogens (tertiary/aromatic N) is 3. The molecule has 0 aliphatic carbocycles. The van der Waals surface area contributed by atoms with Crippen molar-refractivity contribution in [1.82, 2.24) is 20.1 Å². The van der Waals surface area contributed by atoms with Crippen LogP contribution >= 0.6 is 0 Å². The monoisotopic (exact) mass is 412 g/mol. The first-order valence-corrected chi connectivity index (χ1v) is 10.2. The fourth-order valence-corrected chi connectivity index (χ4v) is 3.46. The van der Waals surface area contributed by atoms with Crippen molar-refractivity contribution in [2.24, 2.45) is 0 Å². The van der Waals surface area contributed by atoms with Crippen LogP contribution in [0.2, 0.25) is 0 Å². The molecule has 1 N–H and O–H groups in total. The molecule has 4 rings (SSSR count). The zero-order valence-corrected chi connectivity index (χ0v) is 17.4. The second kappa shape index (κ2) is 9.82. The molecule has 0 radical (unpaired) electrons. The molecule has 0 unspecified atom stereocenters. The first-order valence-electron chi connectivity index (χ1n) is 10.2. The maximum Gasteiger partial charge on any atom is 0.306 e. The molecule has 4 aromatic rings. The lowest BCUT2D eigenvalue weighted by atomic mass is 10.1. The van der Waals surface area contributed by atoms with Gasteiger partial charge in [-0.25, -0.2) is 4.68 Å². The molecule has 6 heteroatoms. The van der Waals surface area contributed by atoms with Crippen LogP contribution in [0.4, 0.5) is 0 Å². The van der Waals surface area contributed by atoms with Gasteiger partial charge in [-0.3, -0.25) is 9.78 Å². The van der Waals surface area contributed by atoms with Gasteiger partial charge in [0.15, 0.2) is 0 Å². The normalized spacial score (nSPS) is 10.7. The standard InChI is InChI=1S/C25H24N4O2/c1-31-24(30)13-15-27-17-22-18-28-29(25(22)21-8-5-14-26-16-21)23-11-9-20(10-12-23)19-6-3-2-4-7-19/h2-12,14,16,18,27H,13,15,17H2,1H3. The number of nitrogens with one attached hydrogen (secondary N) is 1. The average Bonchev–Trinajstić information content (AvgIpc) is 3.26.